The lowest BCUT2D eigenvalue weighted by atomic mass is 9.99. The number of carboxylic acids is 1. The van der Waals surface area contributed by atoms with Crippen LogP contribution in [-0.4, -0.2) is 39.2 Å². The molecule has 2 heterocycles. The Labute approximate surface area is 113 Å². The molecular formula is C12H14N2O4S. The summed E-state index contributed by atoms with van der Waals surface area (Å²) in [7, 11) is 0. The highest BCUT2D eigenvalue weighted by Crippen LogP contribution is 2.40. The topological polar surface area (TPSA) is 92.4 Å². The fourth-order valence-electron chi connectivity index (χ4n) is 2.12. The quantitative estimate of drug-likeness (QED) is 0.863. The molecule has 2 fully saturated rings. The molecule has 1 aliphatic heterocycles. The van der Waals surface area contributed by atoms with Crippen molar-refractivity contribution in [1.29, 1.82) is 0 Å². The largest absolute Gasteiger partial charge is 0.479 e. The first-order valence-corrected chi connectivity index (χ1v) is 7.36. The third kappa shape index (κ3) is 2.34. The number of nitrogens with zero attached hydrogens (tertiary/aromatic N) is 1. The summed E-state index contributed by atoms with van der Waals surface area (Å²) < 4.78 is 5.10. The Kier molecular flexibility index (Phi) is 3.00. The summed E-state index contributed by atoms with van der Waals surface area (Å²) >= 11 is 1.53. The van der Waals surface area contributed by atoms with Gasteiger partial charge in [-0.05, 0) is 25.0 Å². The van der Waals surface area contributed by atoms with E-state index in [0.717, 1.165) is 24.4 Å². The Morgan fingerprint density at radius 2 is 2.32 bits per heavy atom. The van der Waals surface area contributed by atoms with Crippen LogP contribution < -0.4 is 5.32 Å². The third-order valence-corrected chi connectivity index (χ3v) is 4.71. The van der Waals surface area contributed by atoms with Crippen LogP contribution in [0, 0.1) is 0 Å². The predicted molar refractivity (Wildman–Crippen MR) is 68.3 cm³/mol. The van der Waals surface area contributed by atoms with Gasteiger partial charge in [-0.1, -0.05) is 5.16 Å². The molecule has 0 spiro atoms. The average Bonchev–Trinajstić information content (AvgIpc) is 2.93. The van der Waals surface area contributed by atoms with E-state index in [2.05, 4.69) is 10.5 Å². The minimum atomic E-state index is -1.17. The summed E-state index contributed by atoms with van der Waals surface area (Å²) in [6.07, 6.45) is 2.56. The molecule has 1 aromatic heterocycles. The van der Waals surface area contributed by atoms with Gasteiger partial charge < -0.3 is 14.9 Å². The molecule has 1 unspecified atom stereocenters. The van der Waals surface area contributed by atoms with Gasteiger partial charge in [0.1, 0.15) is 11.3 Å². The molecule has 1 amide bonds. The lowest BCUT2D eigenvalue weighted by Gasteiger charge is -2.23. The van der Waals surface area contributed by atoms with Gasteiger partial charge in [0.25, 0.3) is 5.91 Å². The second kappa shape index (κ2) is 4.56. The molecule has 1 atom stereocenters. The van der Waals surface area contributed by atoms with Crippen molar-refractivity contribution in [1.82, 2.24) is 10.5 Å². The Morgan fingerprint density at radius 3 is 2.89 bits per heavy atom. The van der Waals surface area contributed by atoms with Gasteiger partial charge in [0.15, 0.2) is 5.69 Å². The number of carbonyl (C=O) groups excluding carboxylic acids is 1. The second-order valence-electron chi connectivity index (χ2n) is 5.03. The maximum absolute atomic E-state index is 12.1. The first kappa shape index (κ1) is 12.5. The van der Waals surface area contributed by atoms with E-state index in [1.54, 1.807) is 6.07 Å². The molecule has 0 aromatic carbocycles. The monoisotopic (exact) mass is 282 g/mol. The number of rotatable bonds is 4. The number of carboxylic acid groups (broad SMARTS) is 1. The van der Waals surface area contributed by atoms with Gasteiger partial charge in [0, 0.05) is 17.7 Å². The summed E-state index contributed by atoms with van der Waals surface area (Å²) in [4.78, 5) is 23.4. The molecule has 6 nitrogen and oxygen atoms in total. The number of aromatic nitrogens is 1. The first-order valence-electron chi connectivity index (χ1n) is 6.21. The summed E-state index contributed by atoms with van der Waals surface area (Å²) in [6.45, 7) is 0. The molecule has 102 valence electrons. The highest BCUT2D eigenvalue weighted by molar-refractivity contribution is 7.99. The van der Waals surface area contributed by atoms with E-state index in [0.29, 0.717) is 18.1 Å². The van der Waals surface area contributed by atoms with Gasteiger partial charge in [0.2, 0.25) is 0 Å². The van der Waals surface area contributed by atoms with E-state index < -0.39 is 17.4 Å². The predicted octanol–water partition coefficient (Wildman–Crippen LogP) is 1.24. The number of thioether (sulfide) groups is 1. The van der Waals surface area contributed by atoms with E-state index in [1.165, 1.54) is 11.8 Å². The first-order chi connectivity index (χ1) is 9.11. The summed E-state index contributed by atoms with van der Waals surface area (Å²) in [5, 5.41) is 15.6. The zero-order chi connectivity index (χ0) is 13.5. The Hall–Kier alpha value is -1.50. The van der Waals surface area contributed by atoms with Gasteiger partial charge in [0.05, 0.1) is 0 Å². The fraction of sp³-hybridized carbons (Fsp3) is 0.583. The van der Waals surface area contributed by atoms with Crippen molar-refractivity contribution in [2.75, 3.05) is 11.5 Å². The Morgan fingerprint density at radius 1 is 1.53 bits per heavy atom. The molecule has 7 heteroatoms. The van der Waals surface area contributed by atoms with Gasteiger partial charge in [-0.2, -0.15) is 11.8 Å². The van der Waals surface area contributed by atoms with Crippen molar-refractivity contribution in [3.8, 4) is 0 Å². The number of carbonyl (C=O) groups is 2. The van der Waals surface area contributed by atoms with E-state index in [9.17, 15) is 14.7 Å². The van der Waals surface area contributed by atoms with Crippen LogP contribution in [0.5, 0.6) is 0 Å². The van der Waals surface area contributed by atoms with Crippen molar-refractivity contribution in [2.24, 2.45) is 0 Å². The van der Waals surface area contributed by atoms with Crippen LogP contribution in [0.3, 0.4) is 0 Å². The molecule has 2 aliphatic rings. The van der Waals surface area contributed by atoms with Gasteiger partial charge >= 0.3 is 5.97 Å². The lowest BCUT2D eigenvalue weighted by Crippen LogP contribution is -2.54. The van der Waals surface area contributed by atoms with Crippen molar-refractivity contribution in [2.45, 2.75) is 30.7 Å². The van der Waals surface area contributed by atoms with Crippen LogP contribution in [0.1, 0.15) is 41.4 Å². The molecule has 0 radical (unpaired) electrons. The van der Waals surface area contributed by atoms with Crippen LogP contribution in [0.25, 0.3) is 0 Å². The normalized spacial score (nSPS) is 26.3. The van der Waals surface area contributed by atoms with Crippen LogP contribution in [0.15, 0.2) is 10.6 Å². The van der Waals surface area contributed by atoms with Crippen LogP contribution in [0.2, 0.25) is 0 Å². The lowest BCUT2D eigenvalue weighted by molar-refractivity contribution is -0.143. The Balaban J connectivity index is 1.73. The summed E-state index contributed by atoms with van der Waals surface area (Å²) in [5.74, 6) is 0.761. The smallest absolute Gasteiger partial charge is 0.330 e. The van der Waals surface area contributed by atoms with Crippen molar-refractivity contribution in [3.63, 3.8) is 0 Å². The van der Waals surface area contributed by atoms with Crippen molar-refractivity contribution >= 4 is 23.6 Å². The number of hydrogen-bond donors (Lipinski definition) is 2. The molecule has 1 saturated carbocycles. The number of aliphatic carboxylic acids is 1. The zero-order valence-corrected chi connectivity index (χ0v) is 11.0. The maximum Gasteiger partial charge on any atom is 0.330 e. The van der Waals surface area contributed by atoms with Gasteiger partial charge in [-0.15, -0.1) is 0 Å². The molecule has 1 aliphatic carbocycles. The van der Waals surface area contributed by atoms with E-state index in [1.807, 2.05) is 0 Å². The molecule has 2 N–H and O–H groups in total. The summed E-state index contributed by atoms with van der Waals surface area (Å²) in [5.41, 5.74) is -1.00. The highest BCUT2D eigenvalue weighted by atomic mass is 32.2. The highest BCUT2D eigenvalue weighted by Gasteiger charge is 2.44. The SMILES string of the molecule is O=C(NC1(C(=O)O)CCSC1)c1cc(C2CC2)on1. The molecule has 1 aromatic rings. The molecule has 1 saturated heterocycles. The summed E-state index contributed by atoms with van der Waals surface area (Å²) in [6, 6.07) is 1.62. The van der Waals surface area contributed by atoms with E-state index in [4.69, 9.17) is 4.52 Å². The van der Waals surface area contributed by atoms with Gasteiger partial charge in [-0.3, -0.25) is 4.79 Å². The molecule has 19 heavy (non-hydrogen) atoms. The zero-order valence-electron chi connectivity index (χ0n) is 10.2. The van der Waals surface area contributed by atoms with Crippen LogP contribution in [-0.2, 0) is 4.79 Å². The van der Waals surface area contributed by atoms with Crippen LogP contribution >= 0.6 is 11.8 Å². The standard InChI is InChI=1S/C12H14N2O4S/c15-10(8-5-9(18-14-8)7-1-2-7)13-12(11(16)17)3-4-19-6-12/h5,7H,1-4,6H2,(H,13,15)(H,16,17). The molecule has 0 bridgehead atoms. The molecular weight excluding hydrogens is 268 g/mol. The second-order valence-corrected chi connectivity index (χ2v) is 6.14. The minimum absolute atomic E-state index is 0.166. The number of amides is 1. The van der Waals surface area contributed by atoms with Crippen LogP contribution in [0.4, 0.5) is 0 Å². The van der Waals surface area contributed by atoms with Gasteiger partial charge in [-0.25, -0.2) is 4.79 Å². The number of hydrogen-bond acceptors (Lipinski definition) is 5. The fourth-order valence-corrected chi connectivity index (χ4v) is 3.45. The van der Waals surface area contributed by atoms with E-state index in [-0.39, 0.29) is 5.69 Å². The molecule has 3 rings (SSSR count). The minimum Gasteiger partial charge on any atom is -0.479 e. The van der Waals surface area contributed by atoms with Crippen molar-refractivity contribution < 1.29 is 19.2 Å². The Bertz CT molecular complexity index is 518. The van der Waals surface area contributed by atoms with Crippen molar-refractivity contribution in [3.05, 3.63) is 17.5 Å². The number of nitrogens with one attached hydrogen (secondary N) is 1. The third-order valence-electron chi connectivity index (χ3n) is 3.52. The van der Waals surface area contributed by atoms with E-state index >= 15 is 0 Å². The average molecular weight is 282 g/mol. The maximum atomic E-state index is 12.1.